The molecular formula is C23H27N3O4. The van der Waals surface area contributed by atoms with Gasteiger partial charge in [0.05, 0.1) is 32.0 Å². The first kappa shape index (κ1) is 20.2. The Balaban J connectivity index is 1.41. The summed E-state index contributed by atoms with van der Waals surface area (Å²) in [5.41, 5.74) is 3.92. The Bertz CT molecular complexity index is 950. The minimum absolute atomic E-state index is 0.161. The number of nitrogens with one attached hydrogen (secondary N) is 1. The van der Waals surface area contributed by atoms with E-state index in [1.807, 2.05) is 42.6 Å². The van der Waals surface area contributed by atoms with Crippen molar-refractivity contribution >= 4 is 17.7 Å². The van der Waals surface area contributed by atoms with Gasteiger partial charge in [-0.3, -0.25) is 9.69 Å². The Hall–Kier alpha value is -3.06. The third kappa shape index (κ3) is 4.41. The standard InChI is InChI=1S/C23H27N3O4/c1-2-3-4-5-8-22(27)24-13-20-14-26(23(28)30-20)18-10-9-17-15-29-16-19-7-6-11-25(19)21(17)12-18/h5-12,20H,2-4,13-16H2,1H3,(H,24,27)/b8-5+/t20-/m0/s1. The smallest absolute Gasteiger partial charge is 0.414 e. The molecule has 2 amide bonds. The number of unbranched alkanes of at least 4 members (excludes halogenated alkanes) is 2. The van der Waals surface area contributed by atoms with E-state index < -0.39 is 6.09 Å². The van der Waals surface area contributed by atoms with Crippen LogP contribution in [0.5, 0.6) is 0 Å². The maximum absolute atomic E-state index is 12.5. The van der Waals surface area contributed by atoms with E-state index in [0.717, 1.165) is 41.9 Å². The van der Waals surface area contributed by atoms with E-state index >= 15 is 0 Å². The maximum Gasteiger partial charge on any atom is 0.414 e. The van der Waals surface area contributed by atoms with Gasteiger partial charge in [0.1, 0.15) is 6.10 Å². The van der Waals surface area contributed by atoms with E-state index in [4.69, 9.17) is 9.47 Å². The van der Waals surface area contributed by atoms with Gasteiger partial charge >= 0.3 is 6.09 Å². The number of ether oxygens (including phenoxy) is 2. The first-order chi connectivity index (χ1) is 14.7. The van der Waals surface area contributed by atoms with Crippen LogP contribution in [0.4, 0.5) is 10.5 Å². The molecule has 0 saturated carbocycles. The highest BCUT2D eigenvalue weighted by Gasteiger charge is 2.33. The summed E-state index contributed by atoms with van der Waals surface area (Å²) in [6.07, 6.45) is 7.70. The Labute approximate surface area is 176 Å². The number of carbonyl (C=O) groups excluding carboxylic acids is 2. The van der Waals surface area contributed by atoms with Crippen LogP contribution in [0.2, 0.25) is 0 Å². The first-order valence-electron chi connectivity index (χ1n) is 10.5. The van der Waals surface area contributed by atoms with E-state index in [2.05, 4.69) is 16.8 Å². The third-order valence-corrected chi connectivity index (χ3v) is 5.35. The van der Waals surface area contributed by atoms with E-state index in [1.54, 1.807) is 11.0 Å². The number of allylic oxidation sites excluding steroid dienone is 1. The zero-order valence-electron chi connectivity index (χ0n) is 17.2. The number of cyclic esters (lactones) is 1. The van der Waals surface area contributed by atoms with Crippen LogP contribution in [0.3, 0.4) is 0 Å². The fourth-order valence-corrected chi connectivity index (χ4v) is 3.73. The molecule has 1 N–H and O–H groups in total. The van der Waals surface area contributed by atoms with Crippen LogP contribution in [0, 0.1) is 0 Å². The Kier molecular flexibility index (Phi) is 6.18. The molecule has 158 valence electrons. The van der Waals surface area contributed by atoms with Crippen LogP contribution in [0.25, 0.3) is 5.69 Å². The summed E-state index contributed by atoms with van der Waals surface area (Å²) in [5, 5.41) is 2.81. The molecular weight excluding hydrogens is 382 g/mol. The molecule has 2 aliphatic heterocycles. The predicted octanol–water partition coefficient (Wildman–Crippen LogP) is 3.70. The van der Waals surface area contributed by atoms with E-state index in [1.165, 1.54) is 0 Å². The van der Waals surface area contributed by atoms with Gasteiger partial charge < -0.3 is 19.4 Å². The average Bonchev–Trinajstić information content (AvgIpc) is 3.32. The van der Waals surface area contributed by atoms with Crippen molar-refractivity contribution < 1.29 is 19.1 Å². The zero-order valence-corrected chi connectivity index (χ0v) is 17.2. The molecule has 1 fully saturated rings. The number of fused-ring (bicyclic) bond motifs is 3. The van der Waals surface area contributed by atoms with Gasteiger partial charge in [-0.25, -0.2) is 4.79 Å². The summed E-state index contributed by atoms with van der Waals surface area (Å²) in [4.78, 5) is 26.0. The molecule has 1 aromatic carbocycles. The number of aromatic nitrogens is 1. The molecule has 7 heteroatoms. The SMILES string of the molecule is CCCC/C=C/C(=O)NC[C@H]1CN(c2ccc3c(c2)-n2cccc2COC3)C(=O)O1. The minimum atomic E-state index is -0.398. The van der Waals surface area contributed by atoms with Crippen molar-refractivity contribution in [1.29, 1.82) is 0 Å². The topological polar surface area (TPSA) is 72.8 Å². The van der Waals surface area contributed by atoms with Gasteiger partial charge in [-0.1, -0.05) is 31.9 Å². The summed E-state index contributed by atoms with van der Waals surface area (Å²) in [6.45, 7) is 3.88. The molecule has 7 nitrogen and oxygen atoms in total. The minimum Gasteiger partial charge on any atom is -0.442 e. The lowest BCUT2D eigenvalue weighted by atomic mass is 10.1. The predicted molar refractivity (Wildman–Crippen MR) is 114 cm³/mol. The van der Waals surface area contributed by atoms with Gasteiger partial charge in [-0.05, 0) is 36.8 Å². The molecule has 2 aliphatic rings. The van der Waals surface area contributed by atoms with Crippen LogP contribution in [-0.2, 0) is 27.5 Å². The lowest BCUT2D eigenvalue weighted by Gasteiger charge is -2.17. The highest BCUT2D eigenvalue weighted by molar-refractivity contribution is 5.90. The van der Waals surface area contributed by atoms with Gasteiger partial charge in [-0.15, -0.1) is 0 Å². The van der Waals surface area contributed by atoms with Crippen molar-refractivity contribution in [3.63, 3.8) is 0 Å². The van der Waals surface area contributed by atoms with Gasteiger partial charge in [-0.2, -0.15) is 0 Å². The van der Waals surface area contributed by atoms with Gasteiger partial charge in [0.25, 0.3) is 0 Å². The third-order valence-electron chi connectivity index (χ3n) is 5.35. The average molecular weight is 409 g/mol. The second-order valence-electron chi connectivity index (χ2n) is 7.58. The molecule has 0 spiro atoms. The van der Waals surface area contributed by atoms with Crippen LogP contribution >= 0.6 is 0 Å². The summed E-state index contributed by atoms with van der Waals surface area (Å²) in [7, 11) is 0. The number of hydrogen-bond acceptors (Lipinski definition) is 4. The molecule has 4 rings (SSSR count). The molecule has 2 aromatic rings. The number of hydrogen-bond donors (Lipinski definition) is 1. The van der Waals surface area contributed by atoms with Crippen molar-refractivity contribution in [3.8, 4) is 5.69 Å². The Morgan fingerprint density at radius 1 is 1.30 bits per heavy atom. The van der Waals surface area contributed by atoms with E-state index in [-0.39, 0.29) is 12.0 Å². The highest BCUT2D eigenvalue weighted by atomic mass is 16.6. The van der Waals surface area contributed by atoms with E-state index in [0.29, 0.717) is 26.3 Å². The number of nitrogens with zero attached hydrogens (tertiary/aromatic N) is 2. The van der Waals surface area contributed by atoms with Crippen molar-refractivity contribution in [2.45, 2.75) is 45.5 Å². The van der Waals surface area contributed by atoms with Crippen molar-refractivity contribution in [2.75, 3.05) is 18.0 Å². The molecule has 1 saturated heterocycles. The van der Waals surface area contributed by atoms with Crippen LogP contribution in [0.1, 0.15) is 37.4 Å². The fourth-order valence-electron chi connectivity index (χ4n) is 3.73. The van der Waals surface area contributed by atoms with Gasteiger partial charge in [0.15, 0.2) is 0 Å². The number of amides is 2. The van der Waals surface area contributed by atoms with E-state index in [9.17, 15) is 9.59 Å². The molecule has 30 heavy (non-hydrogen) atoms. The van der Waals surface area contributed by atoms with Crippen molar-refractivity contribution in [2.24, 2.45) is 0 Å². The first-order valence-corrected chi connectivity index (χ1v) is 10.5. The van der Waals surface area contributed by atoms with Crippen molar-refractivity contribution in [3.05, 3.63) is 59.9 Å². The lowest BCUT2D eigenvalue weighted by molar-refractivity contribution is -0.116. The maximum atomic E-state index is 12.5. The fraction of sp³-hybridized carbons (Fsp3) is 0.391. The molecule has 0 unspecified atom stereocenters. The normalized spacial score (nSPS) is 18.1. The summed E-state index contributed by atoms with van der Waals surface area (Å²) >= 11 is 0. The van der Waals surface area contributed by atoms with Crippen LogP contribution < -0.4 is 10.2 Å². The molecule has 0 bridgehead atoms. The largest absolute Gasteiger partial charge is 0.442 e. The highest BCUT2D eigenvalue weighted by Crippen LogP contribution is 2.29. The quantitative estimate of drug-likeness (QED) is 0.559. The van der Waals surface area contributed by atoms with Crippen molar-refractivity contribution in [1.82, 2.24) is 9.88 Å². The second kappa shape index (κ2) is 9.17. The number of benzene rings is 1. The number of carbonyl (C=O) groups is 2. The Morgan fingerprint density at radius 2 is 2.20 bits per heavy atom. The van der Waals surface area contributed by atoms with Crippen LogP contribution in [0.15, 0.2) is 48.7 Å². The monoisotopic (exact) mass is 409 g/mol. The summed E-state index contributed by atoms with van der Waals surface area (Å²) in [5.74, 6) is -0.161. The number of anilines is 1. The molecule has 1 aromatic heterocycles. The summed E-state index contributed by atoms with van der Waals surface area (Å²) < 4.78 is 13.3. The zero-order chi connectivity index (χ0) is 20.9. The Morgan fingerprint density at radius 3 is 3.07 bits per heavy atom. The lowest BCUT2D eigenvalue weighted by Crippen LogP contribution is -2.33. The van der Waals surface area contributed by atoms with Crippen LogP contribution in [-0.4, -0.2) is 35.8 Å². The van der Waals surface area contributed by atoms with Gasteiger partial charge in [0.2, 0.25) is 5.91 Å². The summed E-state index contributed by atoms with van der Waals surface area (Å²) in [6, 6.07) is 9.91. The molecule has 0 radical (unpaired) electrons. The van der Waals surface area contributed by atoms with Gasteiger partial charge in [0, 0.05) is 23.1 Å². The molecule has 1 atom stereocenters. The second-order valence-corrected chi connectivity index (χ2v) is 7.58. The number of rotatable bonds is 7. The molecule has 0 aliphatic carbocycles. The molecule has 3 heterocycles.